The van der Waals surface area contributed by atoms with E-state index < -0.39 is 47.4 Å². The zero-order chi connectivity index (χ0) is 28.2. The fourth-order valence-corrected chi connectivity index (χ4v) is 3.94. The Hall–Kier alpha value is -4.54. The van der Waals surface area contributed by atoms with Crippen LogP contribution >= 0.6 is 0 Å². The molecule has 0 aliphatic heterocycles. The number of nitrogens with zero attached hydrogens (tertiary/aromatic N) is 5. The Bertz CT molecular complexity index is 1450. The van der Waals surface area contributed by atoms with Gasteiger partial charge in [0, 0.05) is 12.1 Å². The molecule has 202 valence electrons. The Balaban J connectivity index is 1.71. The Morgan fingerprint density at radius 3 is 2.15 bits per heavy atom. The van der Waals surface area contributed by atoms with E-state index in [4.69, 9.17) is 0 Å². The van der Waals surface area contributed by atoms with E-state index in [1.165, 1.54) is 71.6 Å². The molecule has 4 rings (SSSR count). The molecule has 0 fully saturated rings. The van der Waals surface area contributed by atoms with Crippen LogP contribution in [0.25, 0.3) is 11.4 Å². The van der Waals surface area contributed by atoms with Crippen LogP contribution in [0.1, 0.15) is 37.9 Å². The smallest absolute Gasteiger partial charge is 0.247 e. The number of carbonyl (C=O) groups excluding carboxylic acids is 2. The molecule has 1 atom stereocenters. The quantitative estimate of drug-likeness (QED) is 0.359. The van der Waals surface area contributed by atoms with Crippen LogP contribution < -0.4 is 5.32 Å². The number of benzene rings is 3. The predicted molar refractivity (Wildman–Crippen MR) is 137 cm³/mol. The third-order valence-electron chi connectivity index (χ3n) is 5.67. The van der Waals surface area contributed by atoms with E-state index in [-0.39, 0.29) is 17.9 Å². The SMILES string of the molecule is CC(C)(C)NC(=O)C(c1ccc(F)cc1)N(Cc1ccc(F)cc1)C(=O)Cn1nnc(-c2ccccc2F)n1. The third-order valence-corrected chi connectivity index (χ3v) is 5.67. The Morgan fingerprint density at radius 1 is 0.923 bits per heavy atom. The normalized spacial score (nSPS) is 12.2. The fraction of sp³-hybridized carbons (Fsp3) is 0.250. The number of carbonyl (C=O) groups is 2. The summed E-state index contributed by atoms with van der Waals surface area (Å²) in [4.78, 5) is 29.6. The molecule has 1 aromatic heterocycles. The van der Waals surface area contributed by atoms with Crippen molar-refractivity contribution in [3.63, 3.8) is 0 Å². The molecule has 1 N–H and O–H groups in total. The first kappa shape index (κ1) is 27.5. The van der Waals surface area contributed by atoms with Crippen molar-refractivity contribution in [3.8, 4) is 11.4 Å². The van der Waals surface area contributed by atoms with Gasteiger partial charge in [-0.15, -0.1) is 10.2 Å². The van der Waals surface area contributed by atoms with Crippen LogP contribution in [0.5, 0.6) is 0 Å². The molecular weight excluding hydrogens is 509 g/mol. The molecule has 3 aromatic carbocycles. The van der Waals surface area contributed by atoms with E-state index in [1.54, 1.807) is 26.8 Å². The van der Waals surface area contributed by atoms with E-state index in [2.05, 4.69) is 20.7 Å². The number of aromatic nitrogens is 4. The topological polar surface area (TPSA) is 93.0 Å². The van der Waals surface area contributed by atoms with Crippen molar-refractivity contribution in [2.75, 3.05) is 0 Å². The summed E-state index contributed by atoms with van der Waals surface area (Å²) >= 11 is 0. The maximum absolute atomic E-state index is 14.2. The van der Waals surface area contributed by atoms with Crippen LogP contribution in [0, 0.1) is 17.5 Å². The van der Waals surface area contributed by atoms with Gasteiger partial charge >= 0.3 is 0 Å². The molecule has 39 heavy (non-hydrogen) atoms. The van der Waals surface area contributed by atoms with Crippen molar-refractivity contribution in [2.45, 2.75) is 45.4 Å². The number of hydrogen-bond acceptors (Lipinski definition) is 5. The number of nitrogens with one attached hydrogen (secondary N) is 1. The van der Waals surface area contributed by atoms with Gasteiger partial charge in [0.2, 0.25) is 17.6 Å². The van der Waals surface area contributed by atoms with E-state index in [1.807, 2.05) is 0 Å². The molecule has 0 radical (unpaired) electrons. The number of halogens is 3. The third kappa shape index (κ3) is 7.07. The van der Waals surface area contributed by atoms with Gasteiger partial charge in [-0.3, -0.25) is 9.59 Å². The van der Waals surface area contributed by atoms with Crippen LogP contribution in [-0.4, -0.2) is 42.5 Å². The number of rotatable bonds is 8. The highest BCUT2D eigenvalue weighted by molar-refractivity contribution is 5.89. The minimum absolute atomic E-state index is 0.00783. The van der Waals surface area contributed by atoms with Gasteiger partial charge in [-0.1, -0.05) is 36.4 Å². The molecule has 11 heteroatoms. The average molecular weight is 537 g/mol. The zero-order valence-electron chi connectivity index (χ0n) is 21.6. The van der Waals surface area contributed by atoms with Crippen molar-refractivity contribution in [2.24, 2.45) is 0 Å². The van der Waals surface area contributed by atoms with Crippen molar-refractivity contribution in [1.29, 1.82) is 0 Å². The molecule has 0 aliphatic carbocycles. The van der Waals surface area contributed by atoms with Gasteiger partial charge in [0.05, 0.1) is 5.56 Å². The molecule has 0 saturated heterocycles. The summed E-state index contributed by atoms with van der Waals surface area (Å²) < 4.78 is 41.5. The second kappa shape index (κ2) is 11.5. The largest absolute Gasteiger partial charge is 0.349 e. The fourth-order valence-electron chi connectivity index (χ4n) is 3.94. The maximum Gasteiger partial charge on any atom is 0.247 e. The van der Waals surface area contributed by atoms with E-state index in [0.717, 1.165) is 4.80 Å². The second-order valence-corrected chi connectivity index (χ2v) is 9.96. The summed E-state index contributed by atoms with van der Waals surface area (Å²) in [5, 5.41) is 14.8. The highest BCUT2D eigenvalue weighted by Crippen LogP contribution is 2.26. The lowest BCUT2D eigenvalue weighted by Crippen LogP contribution is -2.49. The van der Waals surface area contributed by atoms with Gasteiger partial charge in [0.1, 0.15) is 30.0 Å². The second-order valence-electron chi connectivity index (χ2n) is 9.96. The lowest BCUT2D eigenvalue weighted by Gasteiger charge is -2.33. The van der Waals surface area contributed by atoms with Gasteiger partial charge in [-0.2, -0.15) is 4.80 Å². The van der Waals surface area contributed by atoms with Gasteiger partial charge in [0.25, 0.3) is 0 Å². The Labute approximate surface area is 223 Å². The summed E-state index contributed by atoms with van der Waals surface area (Å²) in [6.45, 7) is 4.88. The van der Waals surface area contributed by atoms with Gasteiger partial charge in [-0.25, -0.2) is 13.2 Å². The van der Waals surface area contributed by atoms with Gasteiger partial charge < -0.3 is 10.2 Å². The van der Waals surface area contributed by atoms with Gasteiger partial charge in [-0.05, 0) is 73.5 Å². The zero-order valence-corrected chi connectivity index (χ0v) is 21.6. The minimum Gasteiger partial charge on any atom is -0.349 e. The van der Waals surface area contributed by atoms with Crippen LogP contribution in [0.15, 0.2) is 72.8 Å². The van der Waals surface area contributed by atoms with Crippen LogP contribution in [-0.2, 0) is 22.7 Å². The van der Waals surface area contributed by atoms with E-state index >= 15 is 0 Å². The predicted octanol–water partition coefficient (Wildman–Crippen LogP) is 4.44. The average Bonchev–Trinajstić information content (AvgIpc) is 3.33. The molecule has 1 heterocycles. The molecule has 0 aliphatic rings. The molecule has 0 bridgehead atoms. The summed E-state index contributed by atoms with van der Waals surface area (Å²) in [7, 11) is 0. The maximum atomic E-state index is 14.2. The molecular formula is C28H27F3N6O2. The monoisotopic (exact) mass is 536 g/mol. The minimum atomic E-state index is -1.17. The van der Waals surface area contributed by atoms with Gasteiger partial charge in [0.15, 0.2) is 0 Å². The van der Waals surface area contributed by atoms with Crippen molar-refractivity contribution in [1.82, 2.24) is 30.4 Å². The Kier molecular flexibility index (Phi) is 8.08. The summed E-state index contributed by atoms with van der Waals surface area (Å²) in [6, 6.07) is 15.5. The molecule has 2 amide bonds. The first-order valence-electron chi connectivity index (χ1n) is 12.1. The lowest BCUT2D eigenvalue weighted by atomic mass is 10.0. The molecule has 0 saturated carbocycles. The van der Waals surface area contributed by atoms with E-state index in [9.17, 15) is 22.8 Å². The molecule has 4 aromatic rings. The van der Waals surface area contributed by atoms with E-state index in [0.29, 0.717) is 11.1 Å². The molecule has 0 spiro atoms. The van der Waals surface area contributed by atoms with Crippen molar-refractivity contribution >= 4 is 11.8 Å². The standard InChI is InChI=1S/C28H27F3N6O2/c1-28(2,3)32-27(39)25(19-10-14-21(30)15-11-19)36(16-18-8-12-20(29)13-9-18)24(38)17-37-34-26(33-35-37)22-6-4-5-7-23(22)31/h4-15,25H,16-17H2,1-3H3,(H,32,39). The van der Waals surface area contributed by atoms with Crippen LogP contribution in [0.4, 0.5) is 13.2 Å². The number of hydrogen-bond donors (Lipinski definition) is 1. The van der Waals surface area contributed by atoms with Crippen LogP contribution in [0.3, 0.4) is 0 Å². The number of tetrazole rings is 1. The highest BCUT2D eigenvalue weighted by atomic mass is 19.1. The summed E-state index contributed by atoms with van der Waals surface area (Å²) in [5.74, 6) is -2.58. The summed E-state index contributed by atoms with van der Waals surface area (Å²) in [5.41, 5.74) is 0.404. The van der Waals surface area contributed by atoms with Crippen LogP contribution in [0.2, 0.25) is 0 Å². The lowest BCUT2D eigenvalue weighted by molar-refractivity contribution is -0.143. The highest BCUT2D eigenvalue weighted by Gasteiger charge is 2.34. The summed E-state index contributed by atoms with van der Waals surface area (Å²) in [6.07, 6.45) is 0. The Morgan fingerprint density at radius 2 is 1.54 bits per heavy atom. The molecule has 1 unspecified atom stereocenters. The van der Waals surface area contributed by atoms with Crippen molar-refractivity contribution < 1.29 is 22.8 Å². The number of amides is 2. The first-order chi connectivity index (χ1) is 18.5. The molecule has 8 nitrogen and oxygen atoms in total. The van der Waals surface area contributed by atoms with Crippen molar-refractivity contribution in [3.05, 3.63) is 101 Å². The first-order valence-corrected chi connectivity index (χ1v) is 12.1.